The first-order valence-electron chi connectivity index (χ1n) is 6.96. The SMILES string of the molecule is COc1cc(C)ccc1OCc1cc(Cl)cc2c1OCOC2. The monoisotopic (exact) mass is 320 g/mol. The standard InChI is InChI=1S/C17H17ClO4/c1-11-3-4-15(16(5-11)19-2)21-9-13-7-14(18)6-12-8-20-10-22-17(12)13/h3-7H,8-10H2,1-2H3. The molecule has 0 aromatic heterocycles. The smallest absolute Gasteiger partial charge is 0.189 e. The van der Waals surface area contributed by atoms with E-state index in [1.807, 2.05) is 37.3 Å². The molecule has 0 amide bonds. The third-order valence-electron chi connectivity index (χ3n) is 3.45. The van der Waals surface area contributed by atoms with E-state index in [4.69, 9.17) is 30.5 Å². The van der Waals surface area contributed by atoms with Gasteiger partial charge in [0.25, 0.3) is 0 Å². The average Bonchev–Trinajstić information content (AvgIpc) is 2.53. The number of halogens is 1. The zero-order valence-electron chi connectivity index (χ0n) is 12.5. The summed E-state index contributed by atoms with van der Waals surface area (Å²) in [5, 5.41) is 0.641. The first-order valence-corrected chi connectivity index (χ1v) is 7.34. The molecule has 1 heterocycles. The van der Waals surface area contributed by atoms with Gasteiger partial charge in [-0.25, -0.2) is 0 Å². The molecule has 2 aromatic rings. The minimum atomic E-state index is 0.246. The van der Waals surface area contributed by atoms with Crippen LogP contribution in [0.25, 0.3) is 0 Å². The highest BCUT2D eigenvalue weighted by atomic mass is 35.5. The molecule has 0 unspecified atom stereocenters. The molecule has 3 rings (SSSR count). The second-order valence-electron chi connectivity index (χ2n) is 5.11. The molecular formula is C17H17ClO4. The third-order valence-corrected chi connectivity index (χ3v) is 3.67. The molecule has 5 heteroatoms. The molecule has 0 radical (unpaired) electrons. The zero-order valence-corrected chi connectivity index (χ0v) is 13.3. The van der Waals surface area contributed by atoms with Crippen LogP contribution in [0.5, 0.6) is 17.2 Å². The maximum Gasteiger partial charge on any atom is 0.189 e. The van der Waals surface area contributed by atoms with Crippen LogP contribution in [0.4, 0.5) is 0 Å². The zero-order chi connectivity index (χ0) is 15.5. The Labute approximate surface area is 134 Å². The summed E-state index contributed by atoms with van der Waals surface area (Å²) in [6.07, 6.45) is 0. The van der Waals surface area contributed by atoms with Gasteiger partial charge in [-0.2, -0.15) is 0 Å². The van der Waals surface area contributed by atoms with E-state index in [1.165, 1.54) is 0 Å². The summed E-state index contributed by atoms with van der Waals surface area (Å²) in [5.74, 6) is 2.19. The molecule has 0 bridgehead atoms. The van der Waals surface area contributed by atoms with Crippen LogP contribution in [0.15, 0.2) is 30.3 Å². The Hall–Kier alpha value is -1.91. The number of methoxy groups -OCH3 is 1. The lowest BCUT2D eigenvalue weighted by molar-refractivity contribution is -0.0175. The van der Waals surface area contributed by atoms with Crippen LogP contribution >= 0.6 is 11.6 Å². The van der Waals surface area contributed by atoms with Crippen molar-refractivity contribution in [1.29, 1.82) is 0 Å². The van der Waals surface area contributed by atoms with Crippen LogP contribution < -0.4 is 14.2 Å². The van der Waals surface area contributed by atoms with Gasteiger partial charge in [0.2, 0.25) is 0 Å². The third kappa shape index (κ3) is 3.13. The van der Waals surface area contributed by atoms with Gasteiger partial charge in [0, 0.05) is 16.1 Å². The summed E-state index contributed by atoms with van der Waals surface area (Å²) in [4.78, 5) is 0. The van der Waals surface area contributed by atoms with E-state index in [-0.39, 0.29) is 6.79 Å². The van der Waals surface area contributed by atoms with E-state index in [0.29, 0.717) is 29.7 Å². The van der Waals surface area contributed by atoms with Crippen molar-refractivity contribution in [3.63, 3.8) is 0 Å². The number of hydrogen-bond acceptors (Lipinski definition) is 4. The molecule has 0 fully saturated rings. The lowest BCUT2D eigenvalue weighted by atomic mass is 10.1. The number of ether oxygens (including phenoxy) is 4. The van der Waals surface area contributed by atoms with Gasteiger partial charge in [0.1, 0.15) is 12.4 Å². The Morgan fingerprint density at radius 1 is 1.18 bits per heavy atom. The van der Waals surface area contributed by atoms with E-state index >= 15 is 0 Å². The molecule has 1 aliphatic heterocycles. The van der Waals surface area contributed by atoms with Crippen LogP contribution in [-0.2, 0) is 18.0 Å². The van der Waals surface area contributed by atoms with Gasteiger partial charge >= 0.3 is 0 Å². The Balaban J connectivity index is 1.84. The fourth-order valence-corrected chi connectivity index (χ4v) is 2.68. The summed E-state index contributed by atoms with van der Waals surface area (Å²) >= 11 is 6.15. The lowest BCUT2D eigenvalue weighted by Gasteiger charge is -2.21. The Morgan fingerprint density at radius 3 is 2.86 bits per heavy atom. The highest BCUT2D eigenvalue weighted by Gasteiger charge is 2.17. The fraction of sp³-hybridized carbons (Fsp3) is 0.294. The molecule has 4 nitrogen and oxygen atoms in total. The molecule has 0 N–H and O–H groups in total. The molecule has 0 spiro atoms. The first kappa shape index (κ1) is 15.0. The molecular weight excluding hydrogens is 304 g/mol. The topological polar surface area (TPSA) is 36.9 Å². The Morgan fingerprint density at radius 2 is 2.05 bits per heavy atom. The van der Waals surface area contributed by atoms with Crippen molar-refractivity contribution in [2.24, 2.45) is 0 Å². The van der Waals surface area contributed by atoms with Crippen molar-refractivity contribution in [2.45, 2.75) is 20.1 Å². The quantitative estimate of drug-likeness (QED) is 0.849. The number of rotatable bonds is 4. The van der Waals surface area contributed by atoms with E-state index in [9.17, 15) is 0 Å². The highest BCUT2D eigenvalue weighted by molar-refractivity contribution is 6.30. The van der Waals surface area contributed by atoms with Crippen LogP contribution in [0.1, 0.15) is 16.7 Å². The maximum atomic E-state index is 6.15. The minimum absolute atomic E-state index is 0.246. The van der Waals surface area contributed by atoms with E-state index in [0.717, 1.165) is 22.4 Å². The Kier molecular flexibility index (Phi) is 4.41. The maximum absolute atomic E-state index is 6.15. The molecule has 116 valence electrons. The molecule has 0 saturated carbocycles. The summed E-state index contributed by atoms with van der Waals surface area (Å²) < 4.78 is 22.1. The Bertz CT molecular complexity index is 685. The summed E-state index contributed by atoms with van der Waals surface area (Å²) in [6.45, 7) is 3.10. The molecule has 2 aromatic carbocycles. The van der Waals surface area contributed by atoms with Crippen molar-refractivity contribution >= 4 is 11.6 Å². The van der Waals surface area contributed by atoms with Crippen molar-refractivity contribution in [3.8, 4) is 17.2 Å². The normalized spacial score (nSPS) is 13.2. The predicted molar refractivity (Wildman–Crippen MR) is 83.8 cm³/mol. The van der Waals surface area contributed by atoms with Gasteiger partial charge in [-0.3, -0.25) is 0 Å². The summed E-state index contributed by atoms with van der Waals surface area (Å²) in [6, 6.07) is 9.52. The van der Waals surface area contributed by atoms with Gasteiger partial charge in [-0.05, 0) is 36.8 Å². The van der Waals surface area contributed by atoms with E-state index in [2.05, 4.69) is 0 Å². The van der Waals surface area contributed by atoms with Crippen molar-refractivity contribution in [3.05, 3.63) is 52.0 Å². The second-order valence-corrected chi connectivity index (χ2v) is 5.54. The molecule has 0 saturated heterocycles. The fourth-order valence-electron chi connectivity index (χ4n) is 2.41. The number of hydrogen-bond donors (Lipinski definition) is 0. The average molecular weight is 321 g/mol. The van der Waals surface area contributed by atoms with Crippen LogP contribution in [0, 0.1) is 6.92 Å². The largest absolute Gasteiger partial charge is 0.493 e. The van der Waals surface area contributed by atoms with Gasteiger partial charge in [0.05, 0.1) is 13.7 Å². The molecule has 1 aliphatic rings. The molecule has 0 atom stereocenters. The molecule has 22 heavy (non-hydrogen) atoms. The van der Waals surface area contributed by atoms with Crippen LogP contribution in [0.2, 0.25) is 5.02 Å². The number of aryl methyl sites for hydroxylation is 1. The van der Waals surface area contributed by atoms with Crippen LogP contribution in [-0.4, -0.2) is 13.9 Å². The summed E-state index contributed by atoms with van der Waals surface area (Å²) in [5.41, 5.74) is 2.95. The predicted octanol–water partition coefficient (Wildman–Crippen LogP) is 4.10. The minimum Gasteiger partial charge on any atom is -0.493 e. The van der Waals surface area contributed by atoms with E-state index < -0.39 is 0 Å². The van der Waals surface area contributed by atoms with Gasteiger partial charge in [0.15, 0.2) is 18.3 Å². The van der Waals surface area contributed by atoms with Crippen LogP contribution in [0.3, 0.4) is 0 Å². The lowest BCUT2D eigenvalue weighted by Crippen LogP contribution is -2.14. The molecule has 0 aliphatic carbocycles. The van der Waals surface area contributed by atoms with E-state index in [1.54, 1.807) is 7.11 Å². The number of benzene rings is 2. The summed E-state index contributed by atoms with van der Waals surface area (Å²) in [7, 11) is 1.63. The highest BCUT2D eigenvalue weighted by Crippen LogP contribution is 2.34. The second kappa shape index (κ2) is 6.46. The van der Waals surface area contributed by atoms with Gasteiger partial charge in [-0.15, -0.1) is 0 Å². The van der Waals surface area contributed by atoms with Gasteiger partial charge < -0.3 is 18.9 Å². The first-order chi connectivity index (χ1) is 10.7. The van der Waals surface area contributed by atoms with Crippen molar-refractivity contribution < 1.29 is 18.9 Å². The van der Waals surface area contributed by atoms with Crippen molar-refractivity contribution in [2.75, 3.05) is 13.9 Å². The number of fused-ring (bicyclic) bond motifs is 1. The van der Waals surface area contributed by atoms with Gasteiger partial charge in [-0.1, -0.05) is 17.7 Å². The van der Waals surface area contributed by atoms with Crippen molar-refractivity contribution in [1.82, 2.24) is 0 Å².